The maximum absolute atomic E-state index is 15.2. The van der Waals surface area contributed by atoms with E-state index >= 15 is 4.39 Å². The molecule has 3 unspecified atom stereocenters. The number of benzene rings is 1. The smallest absolute Gasteiger partial charge is 0.451 e. The molecule has 0 bridgehead atoms. The van der Waals surface area contributed by atoms with Crippen molar-refractivity contribution in [3.8, 4) is 0 Å². The summed E-state index contributed by atoms with van der Waals surface area (Å²) in [4.78, 5) is 7.79. The Balaban J connectivity index is 1.98. The summed E-state index contributed by atoms with van der Waals surface area (Å²) in [6, 6.07) is 2.45. The lowest BCUT2D eigenvalue weighted by Gasteiger charge is -2.41. The Bertz CT molecular complexity index is 986. The highest BCUT2D eigenvalue weighted by atomic mass is 19.4. The summed E-state index contributed by atoms with van der Waals surface area (Å²) in [5, 5.41) is 2.82. The Morgan fingerprint density at radius 1 is 1.27 bits per heavy atom. The van der Waals surface area contributed by atoms with E-state index in [4.69, 9.17) is 14.9 Å². The number of ether oxygens (including phenoxy) is 1. The molecule has 3 atom stereocenters. The van der Waals surface area contributed by atoms with Gasteiger partial charge in [0.1, 0.15) is 23.7 Å². The van der Waals surface area contributed by atoms with E-state index in [2.05, 4.69) is 15.3 Å². The molecule has 3 rings (SSSR count). The van der Waals surface area contributed by atoms with E-state index in [9.17, 15) is 17.6 Å². The van der Waals surface area contributed by atoms with Gasteiger partial charge < -0.3 is 20.2 Å². The molecule has 2 aromatic rings. The van der Waals surface area contributed by atoms with E-state index in [1.54, 1.807) is 0 Å². The fourth-order valence-corrected chi connectivity index (χ4v) is 3.31. The molecule has 1 aromatic heterocycles. The van der Waals surface area contributed by atoms with Gasteiger partial charge in [-0.3, -0.25) is 0 Å². The van der Waals surface area contributed by atoms with E-state index in [0.29, 0.717) is 0 Å². The molecular formula is C19H21F5N4O2. The Morgan fingerprint density at radius 2 is 1.93 bits per heavy atom. The molecule has 164 valence electrons. The van der Waals surface area contributed by atoms with Crippen molar-refractivity contribution in [2.24, 2.45) is 10.7 Å². The number of nitrogens with zero attached hydrogens (tertiary/aromatic N) is 2. The fourth-order valence-electron chi connectivity index (χ4n) is 3.31. The van der Waals surface area contributed by atoms with Crippen LogP contribution in [0.15, 0.2) is 27.6 Å². The predicted octanol–water partition coefficient (Wildman–Crippen LogP) is 4.60. The van der Waals surface area contributed by atoms with Crippen LogP contribution in [0.25, 0.3) is 0 Å². The number of aryl methyl sites for hydroxylation is 1. The summed E-state index contributed by atoms with van der Waals surface area (Å²) in [7, 11) is 0. The third kappa shape index (κ3) is 3.80. The van der Waals surface area contributed by atoms with Crippen molar-refractivity contribution in [3.05, 3.63) is 46.9 Å². The van der Waals surface area contributed by atoms with E-state index < -0.39 is 41.6 Å². The van der Waals surface area contributed by atoms with Crippen molar-refractivity contribution in [1.82, 2.24) is 4.98 Å². The molecule has 0 amide bonds. The maximum Gasteiger partial charge on any atom is 0.451 e. The number of alkyl halides is 4. The first-order chi connectivity index (χ1) is 13.7. The minimum atomic E-state index is -4.72. The van der Waals surface area contributed by atoms with E-state index in [0.717, 1.165) is 6.07 Å². The minimum absolute atomic E-state index is 0.122. The molecular weight excluding hydrogens is 411 g/mol. The van der Waals surface area contributed by atoms with Crippen molar-refractivity contribution in [1.29, 1.82) is 0 Å². The number of aromatic nitrogens is 1. The molecule has 0 saturated heterocycles. The lowest BCUT2D eigenvalue weighted by Crippen LogP contribution is -2.52. The highest BCUT2D eigenvalue weighted by Crippen LogP contribution is 2.44. The van der Waals surface area contributed by atoms with Crippen LogP contribution < -0.4 is 11.1 Å². The van der Waals surface area contributed by atoms with Crippen molar-refractivity contribution in [2.45, 2.75) is 51.1 Å². The van der Waals surface area contributed by atoms with Crippen molar-refractivity contribution >= 4 is 11.7 Å². The maximum atomic E-state index is 15.2. The number of hydrogen-bond acceptors (Lipinski definition) is 6. The van der Waals surface area contributed by atoms with E-state index in [1.807, 2.05) is 0 Å². The topological polar surface area (TPSA) is 85.7 Å². The standard InChI is InChI=1S/C19H21F5N4O2/c1-9(14-15(19(22,23)24)30-10(2)27-14)26-11-5-6-13(20)12(7-11)18(4)17(3,21)8-29-16(25)28-18/h5-7,9,26H,8H2,1-4H3,(H2,25,28). The molecule has 1 aliphatic heterocycles. The summed E-state index contributed by atoms with van der Waals surface area (Å²) in [5.41, 5.74) is 1.55. The van der Waals surface area contributed by atoms with Gasteiger partial charge in [-0.2, -0.15) is 13.2 Å². The van der Waals surface area contributed by atoms with Crippen LogP contribution in [-0.2, 0) is 16.5 Å². The summed E-state index contributed by atoms with van der Waals surface area (Å²) >= 11 is 0. The molecule has 1 aromatic carbocycles. The first-order valence-electron chi connectivity index (χ1n) is 9.03. The van der Waals surface area contributed by atoms with Gasteiger partial charge >= 0.3 is 6.18 Å². The van der Waals surface area contributed by atoms with Gasteiger partial charge in [0.25, 0.3) is 6.02 Å². The summed E-state index contributed by atoms with van der Waals surface area (Å²) in [6.07, 6.45) is -4.72. The van der Waals surface area contributed by atoms with Crippen molar-refractivity contribution in [2.75, 3.05) is 11.9 Å². The zero-order valence-electron chi connectivity index (χ0n) is 16.7. The summed E-state index contributed by atoms with van der Waals surface area (Å²) in [5.74, 6) is -2.10. The molecule has 0 aliphatic carbocycles. The quantitative estimate of drug-likeness (QED) is 0.690. The first kappa shape index (κ1) is 21.8. The van der Waals surface area contributed by atoms with Crippen molar-refractivity contribution in [3.63, 3.8) is 0 Å². The predicted molar refractivity (Wildman–Crippen MR) is 99.1 cm³/mol. The fraction of sp³-hybridized carbons (Fsp3) is 0.474. The Hall–Kier alpha value is -2.85. The molecule has 0 spiro atoms. The van der Waals surface area contributed by atoms with Crippen LogP contribution in [-0.4, -0.2) is 23.3 Å². The molecule has 2 heterocycles. The van der Waals surface area contributed by atoms with Crippen LogP contribution in [0, 0.1) is 12.7 Å². The second-order valence-corrected chi connectivity index (χ2v) is 7.51. The van der Waals surface area contributed by atoms with Gasteiger partial charge in [-0.15, -0.1) is 0 Å². The lowest BCUT2D eigenvalue weighted by atomic mass is 9.78. The van der Waals surface area contributed by atoms with Gasteiger partial charge in [0, 0.05) is 18.2 Å². The second kappa shape index (κ2) is 7.13. The molecule has 1 aliphatic rings. The molecule has 0 saturated carbocycles. The van der Waals surface area contributed by atoms with E-state index in [1.165, 1.54) is 39.8 Å². The van der Waals surface area contributed by atoms with Gasteiger partial charge in [-0.25, -0.2) is 18.8 Å². The van der Waals surface area contributed by atoms with Crippen LogP contribution in [0.2, 0.25) is 0 Å². The molecule has 11 heteroatoms. The number of rotatable bonds is 4. The van der Waals surface area contributed by atoms with Crippen LogP contribution in [0.5, 0.6) is 0 Å². The minimum Gasteiger partial charge on any atom is -0.462 e. The zero-order valence-corrected chi connectivity index (χ0v) is 16.7. The number of nitrogens with two attached hydrogens (primary N) is 1. The largest absolute Gasteiger partial charge is 0.462 e. The number of amidine groups is 1. The number of hydrogen-bond donors (Lipinski definition) is 2. The number of oxazole rings is 1. The normalized spacial score (nSPS) is 25.4. The van der Waals surface area contributed by atoms with Crippen molar-refractivity contribution < 1.29 is 31.1 Å². The van der Waals surface area contributed by atoms with Crippen LogP contribution in [0.1, 0.15) is 49.7 Å². The third-order valence-corrected chi connectivity index (χ3v) is 5.14. The van der Waals surface area contributed by atoms with Crippen LogP contribution >= 0.6 is 0 Å². The Morgan fingerprint density at radius 3 is 2.57 bits per heavy atom. The molecule has 0 radical (unpaired) electrons. The number of halogens is 5. The highest BCUT2D eigenvalue weighted by molar-refractivity contribution is 5.73. The third-order valence-electron chi connectivity index (χ3n) is 5.14. The van der Waals surface area contributed by atoms with Gasteiger partial charge in [-0.1, -0.05) is 0 Å². The lowest BCUT2D eigenvalue weighted by molar-refractivity contribution is -0.154. The Labute approximate surface area is 169 Å². The van der Waals surface area contributed by atoms with Gasteiger partial charge in [-0.05, 0) is 39.0 Å². The van der Waals surface area contributed by atoms with E-state index in [-0.39, 0.29) is 28.9 Å². The highest BCUT2D eigenvalue weighted by Gasteiger charge is 2.52. The van der Waals surface area contributed by atoms with Gasteiger partial charge in [0.15, 0.2) is 11.6 Å². The zero-order chi connectivity index (χ0) is 22.5. The first-order valence-corrected chi connectivity index (χ1v) is 9.03. The van der Waals surface area contributed by atoms with Gasteiger partial charge in [0.2, 0.25) is 5.76 Å². The number of aliphatic imine (C=N–C) groups is 1. The molecule has 6 nitrogen and oxygen atoms in total. The summed E-state index contributed by atoms with van der Waals surface area (Å²) < 4.78 is 79.1. The van der Waals surface area contributed by atoms with Crippen LogP contribution in [0.4, 0.5) is 27.6 Å². The molecule has 30 heavy (non-hydrogen) atoms. The molecule has 3 N–H and O–H groups in total. The average Bonchev–Trinajstić information content (AvgIpc) is 3.03. The van der Waals surface area contributed by atoms with Crippen LogP contribution in [0.3, 0.4) is 0 Å². The second-order valence-electron chi connectivity index (χ2n) is 7.51. The monoisotopic (exact) mass is 432 g/mol. The Kier molecular flexibility index (Phi) is 5.20. The number of nitrogens with one attached hydrogen (secondary N) is 1. The summed E-state index contributed by atoms with van der Waals surface area (Å²) in [6.45, 7) is 4.90. The molecule has 0 fully saturated rings. The number of anilines is 1. The van der Waals surface area contributed by atoms with Gasteiger partial charge in [0.05, 0.1) is 6.04 Å². The SMILES string of the molecule is Cc1nc(C(C)Nc2ccc(F)c(C3(C)N=C(N)OCC3(C)F)c2)c(C(F)(F)F)o1. The average molecular weight is 432 g/mol.